The Bertz CT molecular complexity index is 1060. The molecule has 5 nitrogen and oxygen atoms in total. The van der Waals surface area contributed by atoms with Crippen molar-refractivity contribution in [3.05, 3.63) is 76.4 Å². The Hall–Kier alpha value is -3.12. The van der Waals surface area contributed by atoms with Crippen molar-refractivity contribution in [3.63, 3.8) is 0 Å². The van der Waals surface area contributed by atoms with Crippen LogP contribution < -0.4 is 9.64 Å². The minimum absolute atomic E-state index is 0.0694. The lowest BCUT2D eigenvalue weighted by atomic mass is 9.93. The van der Waals surface area contributed by atoms with Gasteiger partial charge in [0.1, 0.15) is 28.1 Å². The van der Waals surface area contributed by atoms with Gasteiger partial charge in [0.05, 0.1) is 17.8 Å². The summed E-state index contributed by atoms with van der Waals surface area (Å²) in [6, 6.07) is 17.1. The molecule has 0 aliphatic carbocycles. The number of benzene rings is 2. The highest BCUT2D eigenvalue weighted by atomic mass is 32.1. The molecule has 3 aromatic rings. The number of aliphatic hydroxyl groups is 1. The van der Waals surface area contributed by atoms with E-state index in [1.54, 1.807) is 4.90 Å². The van der Waals surface area contributed by atoms with E-state index in [1.807, 2.05) is 60.0 Å². The number of amidine groups is 1. The van der Waals surface area contributed by atoms with Gasteiger partial charge in [-0.05, 0) is 36.4 Å². The van der Waals surface area contributed by atoms with Crippen LogP contribution in [0.15, 0.2) is 65.7 Å². The highest BCUT2D eigenvalue weighted by molar-refractivity contribution is 7.11. The van der Waals surface area contributed by atoms with E-state index in [4.69, 9.17) is 10.1 Å². The Morgan fingerprint density at radius 1 is 1.03 bits per heavy atom. The van der Waals surface area contributed by atoms with E-state index in [0.717, 1.165) is 22.9 Å². The monoisotopic (exact) mass is 405 g/mol. The summed E-state index contributed by atoms with van der Waals surface area (Å²) in [5.41, 5.74) is 2.23. The molecule has 2 N–H and O–H groups in total. The van der Waals surface area contributed by atoms with Gasteiger partial charge < -0.3 is 14.7 Å². The summed E-state index contributed by atoms with van der Waals surface area (Å²) in [6.07, 6.45) is 0. The van der Waals surface area contributed by atoms with Gasteiger partial charge in [0, 0.05) is 16.5 Å². The highest BCUT2D eigenvalue weighted by Gasteiger charge is 2.32. The van der Waals surface area contributed by atoms with Crippen molar-refractivity contribution in [2.24, 2.45) is 0 Å². The summed E-state index contributed by atoms with van der Waals surface area (Å²) in [6.45, 7) is 6.57. The summed E-state index contributed by atoms with van der Waals surface area (Å²) in [7, 11) is 0. The second-order valence-corrected chi connectivity index (χ2v) is 8.81. The number of hydrogen-bond donors (Lipinski definition) is 2. The molecule has 0 atom stereocenters. The van der Waals surface area contributed by atoms with Gasteiger partial charge in [-0.15, -0.1) is 11.3 Å². The second-order valence-electron chi connectivity index (χ2n) is 7.95. The van der Waals surface area contributed by atoms with Gasteiger partial charge in [-0.25, -0.2) is 4.98 Å². The van der Waals surface area contributed by atoms with Crippen LogP contribution in [0.4, 0.5) is 5.69 Å². The zero-order valence-electron chi connectivity index (χ0n) is 16.6. The first-order chi connectivity index (χ1) is 13.8. The summed E-state index contributed by atoms with van der Waals surface area (Å²) >= 11 is 1.47. The first-order valence-electron chi connectivity index (χ1n) is 9.41. The fraction of sp³-hybridized carbons (Fsp3) is 0.217. The predicted octanol–water partition coefficient (Wildman–Crippen LogP) is 6.00. The molecule has 0 saturated carbocycles. The van der Waals surface area contributed by atoms with E-state index < -0.39 is 0 Å². The molecule has 4 rings (SSSR count). The second kappa shape index (κ2) is 7.37. The van der Waals surface area contributed by atoms with Crippen LogP contribution in [0.2, 0.25) is 0 Å². The highest BCUT2D eigenvalue weighted by Crippen LogP contribution is 2.35. The third-order valence-corrected chi connectivity index (χ3v) is 5.58. The molecular formula is C23H23N3O2S. The molecule has 0 amide bonds. The van der Waals surface area contributed by atoms with Crippen LogP contribution in [0.25, 0.3) is 5.57 Å². The molecule has 1 aliphatic heterocycles. The van der Waals surface area contributed by atoms with Gasteiger partial charge in [-0.1, -0.05) is 39.0 Å². The number of nitrogens with zero attached hydrogens (tertiary/aromatic N) is 2. The summed E-state index contributed by atoms with van der Waals surface area (Å²) in [5, 5.41) is 21.8. The zero-order valence-corrected chi connectivity index (χ0v) is 17.5. The first-order valence-corrected chi connectivity index (χ1v) is 10.3. The molecule has 0 spiro atoms. The van der Waals surface area contributed by atoms with Crippen molar-refractivity contribution in [2.45, 2.75) is 26.2 Å². The van der Waals surface area contributed by atoms with Gasteiger partial charge in [0.25, 0.3) is 0 Å². The number of rotatable bonds is 4. The molecule has 0 fully saturated rings. The number of thiazole rings is 1. The predicted molar refractivity (Wildman–Crippen MR) is 118 cm³/mol. The minimum atomic E-state index is -0.0694. The van der Waals surface area contributed by atoms with Crippen LogP contribution in [0.1, 0.15) is 31.5 Å². The lowest BCUT2D eigenvalue weighted by molar-refractivity contribution is 0.411. The summed E-state index contributed by atoms with van der Waals surface area (Å²) in [4.78, 5) is 6.44. The number of ether oxygens (including phenoxy) is 1. The quantitative estimate of drug-likeness (QED) is 0.558. The maximum absolute atomic E-state index is 10.5. The van der Waals surface area contributed by atoms with E-state index in [0.29, 0.717) is 10.6 Å². The van der Waals surface area contributed by atoms with Crippen molar-refractivity contribution in [1.29, 1.82) is 5.41 Å². The van der Waals surface area contributed by atoms with Crippen molar-refractivity contribution < 1.29 is 9.84 Å². The van der Waals surface area contributed by atoms with E-state index >= 15 is 0 Å². The molecule has 29 heavy (non-hydrogen) atoms. The van der Waals surface area contributed by atoms with Gasteiger partial charge >= 0.3 is 0 Å². The Kier molecular flexibility index (Phi) is 4.88. The lowest BCUT2D eigenvalue weighted by Gasteiger charge is -2.19. The molecule has 148 valence electrons. The third kappa shape index (κ3) is 3.89. The molecular weight excluding hydrogens is 382 g/mol. The van der Waals surface area contributed by atoms with Crippen LogP contribution in [0.5, 0.6) is 11.5 Å². The number of para-hydroxylation sites is 1. The maximum Gasteiger partial charge on any atom is 0.139 e. The topological polar surface area (TPSA) is 69.4 Å². The Morgan fingerprint density at radius 2 is 1.69 bits per heavy atom. The van der Waals surface area contributed by atoms with E-state index in [1.165, 1.54) is 11.3 Å². The number of anilines is 1. The summed E-state index contributed by atoms with van der Waals surface area (Å²) < 4.78 is 5.83. The fourth-order valence-corrected chi connectivity index (χ4v) is 4.19. The van der Waals surface area contributed by atoms with Crippen molar-refractivity contribution in [3.8, 4) is 11.5 Å². The average Bonchev–Trinajstić information content (AvgIpc) is 3.28. The number of aliphatic hydroxyl groups excluding tert-OH is 1. The average molecular weight is 406 g/mol. The molecule has 2 aromatic carbocycles. The molecule has 0 bridgehead atoms. The van der Waals surface area contributed by atoms with E-state index in [9.17, 15) is 5.11 Å². The summed E-state index contributed by atoms with van der Waals surface area (Å²) in [5.74, 6) is 1.93. The molecule has 0 unspecified atom stereocenters. The first kappa shape index (κ1) is 19.2. The van der Waals surface area contributed by atoms with Crippen LogP contribution in [0.3, 0.4) is 0 Å². The van der Waals surface area contributed by atoms with Crippen molar-refractivity contribution in [2.75, 3.05) is 11.4 Å². The maximum atomic E-state index is 10.5. The van der Waals surface area contributed by atoms with Gasteiger partial charge in [0.2, 0.25) is 0 Å². The smallest absolute Gasteiger partial charge is 0.139 e. The number of nitrogens with one attached hydrogen (secondary N) is 1. The van der Waals surface area contributed by atoms with Gasteiger partial charge in [-0.2, -0.15) is 0 Å². The van der Waals surface area contributed by atoms with Crippen molar-refractivity contribution in [1.82, 2.24) is 4.98 Å². The molecule has 1 aliphatic rings. The molecule has 6 heteroatoms. The minimum Gasteiger partial charge on any atom is -0.510 e. The molecule has 1 aromatic heterocycles. The Balaban J connectivity index is 1.52. The largest absolute Gasteiger partial charge is 0.510 e. The van der Waals surface area contributed by atoms with E-state index in [-0.39, 0.29) is 23.6 Å². The fourth-order valence-electron chi connectivity index (χ4n) is 3.08. The molecule has 0 radical (unpaired) electrons. The number of hydrogen-bond acceptors (Lipinski definition) is 5. The van der Waals surface area contributed by atoms with Crippen LogP contribution in [0, 0.1) is 5.41 Å². The van der Waals surface area contributed by atoms with E-state index in [2.05, 4.69) is 25.8 Å². The van der Waals surface area contributed by atoms with Gasteiger partial charge in [0.15, 0.2) is 0 Å². The molecule has 2 heterocycles. The van der Waals surface area contributed by atoms with Gasteiger partial charge in [-0.3, -0.25) is 5.41 Å². The van der Waals surface area contributed by atoms with Crippen molar-refractivity contribution >= 4 is 28.4 Å². The van der Waals surface area contributed by atoms with Crippen LogP contribution in [-0.4, -0.2) is 22.5 Å². The lowest BCUT2D eigenvalue weighted by Crippen LogP contribution is -2.25. The Morgan fingerprint density at radius 3 is 2.31 bits per heavy atom. The normalized spacial score (nSPS) is 14.6. The third-order valence-electron chi connectivity index (χ3n) is 4.72. The SMILES string of the molecule is CC(C)(C)c1csc(C2=C(O)CN(c3ccc(Oc4ccccc4)cc3)C2=N)n1. The zero-order chi connectivity index (χ0) is 20.6. The molecule has 0 saturated heterocycles. The van der Waals surface area contributed by atoms with Crippen LogP contribution in [-0.2, 0) is 5.41 Å². The van der Waals surface area contributed by atoms with Crippen LogP contribution >= 0.6 is 11.3 Å². The number of aromatic nitrogens is 1. The Labute approximate surface area is 174 Å². The standard InChI is InChI=1S/C23H23N3O2S/c1-23(2,3)19-14-29-22(25-19)20-18(27)13-26(21(20)24)15-9-11-17(12-10-15)28-16-7-5-4-6-8-16/h4-12,14,24,27H,13H2,1-3H3.